The van der Waals surface area contributed by atoms with Gasteiger partial charge in [0.2, 0.25) is 0 Å². The van der Waals surface area contributed by atoms with Crippen molar-refractivity contribution in [1.29, 1.82) is 0 Å². The fourth-order valence-corrected chi connectivity index (χ4v) is 1.94. The number of hydrogen-bond donors (Lipinski definition) is 1. The van der Waals surface area contributed by atoms with Gasteiger partial charge in [0.25, 0.3) is 0 Å². The zero-order valence-corrected chi connectivity index (χ0v) is 11.0. The van der Waals surface area contributed by atoms with Crippen LogP contribution >= 0.6 is 0 Å². The Hall–Kier alpha value is -0.160. The molecule has 0 aliphatic carbocycles. The minimum Gasteiger partial charge on any atom is -0.379 e. The molecule has 1 N–H and O–H groups in total. The second-order valence-electron chi connectivity index (χ2n) is 4.92. The fourth-order valence-electron chi connectivity index (χ4n) is 1.94. The number of hydrogen-bond acceptors (Lipinski definition) is 4. The van der Waals surface area contributed by atoms with Crippen molar-refractivity contribution in [3.05, 3.63) is 0 Å². The van der Waals surface area contributed by atoms with Crippen LogP contribution in [-0.4, -0.2) is 75.9 Å². The number of likely N-dealkylation sites (N-methyl/N-ethyl adjacent to an activating group) is 1. The summed E-state index contributed by atoms with van der Waals surface area (Å²) in [7, 11) is 4.15. The van der Waals surface area contributed by atoms with Crippen molar-refractivity contribution in [1.82, 2.24) is 15.1 Å². The summed E-state index contributed by atoms with van der Waals surface area (Å²) >= 11 is 0. The Kier molecular flexibility index (Phi) is 6.96. The minimum atomic E-state index is 0.615. The van der Waals surface area contributed by atoms with Crippen LogP contribution < -0.4 is 5.32 Å². The van der Waals surface area contributed by atoms with Crippen LogP contribution in [0.25, 0.3) is 0 Å². The molecule has 0 aromatic rings. The van der Waals surface area contributed by atoms with Crippen molar-refractivity contribution in [3.8, 4) is 0 Å². The van der Waals surface area contributed by atoms with Gasteiger partial charge in [-0.25, -0.2) is 0 Å². The van der Waals surface area contributed by atoms with Crippen molar-refractivity contribution in [3.63, 3.8) is 0 Å². The summed E-state index contributed by atoms with van der Waals surface area (Å²) in [6.45, 7) is 9.54. The molecule has 0 spiro atoms. The van der Waals surface area contributed by atoms with E-state index in [1.807, 2.05) is 0 Å². The highest BCUT2D eigenvalue weighted by Crippen LogP contribution is 1.99. The lowest BCUT2D eigenvalue weighted by molar-refractivity contribution is 0.0923. The van der Waals surface area contributed by atoms with E-state index in [0.717, 1.165) is 39.4 Å². The highest BCUT2D eigenvalue weighted by atomic mass is 16.5. The van der Waals surface area contributed by atoms with Crippen molar-refractivity contribution in [2.45, 2.75) is 19.4 Å². The van der Waals surface area contributed by atoms with Gasteiger partial charge in [-0.05, 0) is 40.5 Å². The zero-order chi connectivity index (χ0) is 11.8. The summed E-state index contributed by atoms with van der Waals surface area (Å²) in [5.74, 6) is 0. The Balaban J connectivity index is 2.02. The van der Waals surface area contributed by atoms with Gasteiger partial charge >= 0.3 is 0 Å². The second-order valence-corrected chi connectivity index (χ2v) is 4.92. The standard InChI is InChI=1S/C12H27N3O/c1-12-11-15(6-4-5-13-12)8-10-16-9-7-14(2)3/h12-13H,4-11H2,1-3H3. The molecule has 1 aliphatic heterocycles. The molecule has 4 heteroatoms. The lowest BCUT2D eigenvalue weighted by atomic mass is 10.3. The molecule has 1 fully saturated rings. The van der Waals surface area contributed by atoms with E-state index in [-0.39, 0.29) is 0 Å². The summed E-state index contributed by atoms with van der Waals surface area (Å²) in [4.78, 5) is 4.65. The molecule has 1 atom stereocenters. The maximum atomic E-state index is 5.62. The topological polar surface area (TPSA) is 27.7 Å². The van der Waals surface area contributed by atoms with Crippen LogP contribution in [0.1, 0.15) is 13.3 Å². The van der Waals surface area contributed by atoms with E-state index in [9.17, 15) is 0 Å². The quantitative estimate of drug-likeness (QED) is 0.661. The first kappa shape index (κ1) is 13.9. The van der Waals surface area contributed by atoms with Gasteiger partial charge in [-0.2, -0.15) is 0 Å². The highest BCUT2D eigenvalue weighted by molar-refractivity contribution is 4.72. The molecule has 96 valence electrons. The maximum absolute atomic E-state index is 5.62. The molecular formula is C12H27N3O. The van der Waals surface area contributed by atoms with Crippen LogP contribution in [-0.2, 0) is 4.74 Å². The molecule has 0 aromatic carbocycles. The third-order valence-corrected chi connectivity index (χ3v) is 2.91. The van der Waals surface area contributed by atoms with Crippen molar-refractivity contribution < 1.29 is 4.74 Å². The van der Waals surface area contributed by atoms with Gasteiger partial charge in [0.1, 0.15) is 0 Å². The van der Waals surface area contributed by atoms with E-state index in [2.05, 4.69) is 36.1 Å². The molecule has 16 heavy (non-hydrogen) atoms. The van der Waals surface area contributed by atoms with Gasteiger partial charge < -0.3 is 15.0 Å². The third-order valence-electron chi connectivity index (χ3n) is 2.91. The SMILES string of the molecule is CC1CN(CCOCCN(C)C)CCCN1. The van der Waals surface area contributed by atoms with Crippen LogP contribution in [0.4, 0.5) is 0 Å². The molecule has 0 aromatic heterocycles. The van der Waals surface area contributed by atoms with E-state index in [1.54, 1.807) is 0 Å². The summed E-state index contributed by atoms with van der Waals surface area (Å²) in [6, 6.07) is 0.615. The first-order chi connectivity index (χ1) is 7.68. The lowest BCUT2D eigenvalue weighted by Gasteiger charge is -2.22. The van der Waals surface area contributed by atoms with Gasteiger partial charge in [0.05, 0.1) is 13.2 Å². The van der Waals surface area contributed by atoms with E-state index >= 15 is 0 Å². The molecular weight excluding hydrogens is 202 g/mol. The average molecular weight is 229 g/mol. The van der Waals surface area contributed by atoms with Crippen molar-refractivity contribution >= 4 is 0 Å². The second kappa shape index (κ2) is 8.01. The summed E-state index contributed by atoms with van der Waals surface area (Å²) in [5, 5.41) is 3.50. The molecule has 1 unspecified atom stereocenters. The van der Waals surface area contributed by atoms with Crippen molar-refractivity contribution in [2.24, 2.45) is 0 Å². The van der Waals surface area contributed by atoms with Gasteiger partial charge in [0, 0.05) is 25.7 Å². The predicted molar refractivity (Wildman–Crippen MR) is 67.9 cm³/mol. The minimum absolute atomic E-state index is 0.615. The Morgan fingerprint density at radius 1 is 1.38 bits per heavy atom. The summed E-state index contributed by atoms with van der Waals surface area (Å²) < 4.78 is 5.62. The van der Waals surface area contributed by atoms with Crippen LogP contribution in [0.2, 0.25) is 0 Å². The van der Waals surface area contributed by atoms with Crippen LogP contribution in [0.5, 0.6) is 0 Å². The molecule has 1 rings (SSSR count). The van der Waals surface area contributed by atoms with Gasteiger partial charge in [-0.15, -0.1) is 0 Å². The first-order valence-electron chi connectivity index (χ1n) is 6.36. The van der Waals surface area contributed by atoms with Crippen LogP contribution in [0.3, 0.4) is 0 Å². The Bertz CT molecular complexity index is 176. The van der Waals surface area contributed by atoms with Crippen LogP contribution in [0, 0.1) is 0 Å². The van der Waals surface area contributed by atoms with Crippen molar-refractivity contribution in [2.75, 3.05) is 60.0 Å². The average Bonchev–Trinajstić information content (AvgIpc) is 2.42. The largest absolute Gasteiger partial charge is 0.379 e. The summed E-state index contributed by atoms with van der Waals surface area (Å²) in [5.41, 5.74) is 0. The van der Waals surface area contributed by atoms with E-state index < -0.39 is 0 Å². The van der Waals surface area contributed by atoms with Crippen LogP contribution in [0.15, 0.2) is 0 Å². The van der Waals surface area contributed by atoms with E-state index in [4.69, 9.17) is 4.74 Å². The van der Waals surface area contributed by atoms with E-state index in [1.165, 1.54) is 13.0 Å². The zero-order valence-electron chi connectivity index (χ0n) is 11.0. The van der Waals surface area contributed by atoms with Gasteiger partial charge in [-0.3, -0.25) is 4.90 Å². The lowest BCUT2D eigenvalue weighted by Crippen LogP contribution is -2.37. The molecule has 1 saturated heterocycles. The van der Waals surface area contributed by atoms with E-state index in [0.29, 0.717) is 6.04 Å². The number of nitrogens with one attached hydrogen (secondary N) is 1. The normalized spacial score (nSPS) is 23.6. The molecule has 0 saturated carbocycles. The highest BCUT2D eigenvalue weighted by Gasteiger charge is 2.13. The smallest absolute Gasteiger partial charge is 0.0594 e. The summed E-state index contributed by atoms with van der Waals surface area (Å²) in [6.07, 6.45) is 1.25. The Labute approximate surface area is 99.9 Å². The molecule has 0 bridgehead atoms. The first-order valence-corrected chi connectivity index (χ1v) is 6.36. The molecule has 1 heterocycles. The Morgan fingerprint density at radius 3 is 2.94 bits per heavy atom. The number of ether oxygens (including phenoxy) is 1. The number of nitrogens with zero attached hydrogens (tertiary/aromatic N) is 2. The Morgan fingerprint density at radius 2 is 2.19 bits per heavy atom. The van der Waals surface area contributed by atoms with Gasteiger partial charge in [-0.1, -0.05) is 0 Å². The fraction of sp³-hybridized carbons (Fsp3) is 1.00. The predicted octanol–water partition coefficient (Wildman–Crippen LogP) is 0.248. The molecule has 4 nitrogen and oxygen atoms in total. The molecule has 0 radical (unpaired) electrons. The monoisotopic (exact) mass is 229 g/mol. The molecule has 0 amide bonds. The molecule has 1 aliphatic rings. The number of rotatable bonds is 6. The maximum Gasteiger partial charge on any atom is 0.0594 e. The van der Waals surface area contributed by atoms with Gasteiger partial charge in [0.15, 0.2) is 0 Å². The third kappa shape index (κ3) is 6.43.